The number of thioether (sulfide) groups is 1. The minimum Gasteiger partial charge on any atom is -0.386 e. The van der Waals surface area contributed by atoms with Crippen molar-refractivity contribution in [3.05, 3.63) is 52.2 Å². The van der Waals surface area contributed by atoms with Crippen LogP contribution in [0, 0.1) is 0 Å². The summed E-state index contributed by atoms with van der Waals surface area (Å²) in [4.78, 5) is 18.8. The van der Waals surface area contributed by atoms with Gasteiger partial charge in [-0.05, 0) is 35.4 Å². The highest BCUT2D eigenvalue weighted by atomic mass is 32.2. The van der Waals surface area contributed by atoms with Crippen molar-refractivity contribution in [1.29, 1.82) is 0 Å². The molecule has 0 bridgehead atoms. The van der Waals surface area contributed by atoms with Gasteiger partial charge in [-0.15, -0.1) is 23.1 Å². The van der Waals surface area contributed by atoms with E-state index in [4.69, 9.17) is 4.84 Å². The van der Waals surface area contributed by atoms with Gasteiger partial charge in [0.25, 0.3) is 5.91 Å². The molecule has 2 rings (SSSR count). The van der Waals surface area contributed by atoms with Gasteiger partial charge in [0.2, 0.25) is 0 Å². The van der Waals surface area contributed by atoms with Crippen LogP contribution in [-0.4, -0.2) is 25.0 Å². The maximum absolute atomic E-state index is 11.5. The third kappa shape index (κ3) is 5.61. The Morgan fingerprint density at radius 3 is 2.86 bits per heavy atom. The fraction of sp³-hybridized carbons (Fsp3) is 0.200. The summed E-state index contributed by atoms with van der Waals surface area (Å²) in [6.45, 7) is 0.449. The van der Waals surface area contributed by atoms with Crippen molar-refractivity contribution in [3.63, 3.8) is 0 Å². The lowest BCUT2D eigenvalue weighted by molar-refractivity contribution is -0.125. The zero-order chi connectivity index (χ0) is 14.9. The number of carbonyl (C=O) groups excluding carboxylic acids is 1. The molecule has 1 aromatic carbocycles. The van der Waals surface area contributed by atoms with Gasteiger partial charge in [0.15, 0.2) is 6.61 Å². The van der Waals surface area contributed by atoms with Gasteiger partial charge in [-0.2, -0.15) is 0 Å². The Kier molecular flexibility index (Phi) is 6.30. The molecule has 0 radical (unpaired) electrons. The number of rotatable bonds is 7. The van der Waals surface area contributed by atoms with Crippen molar-refractivity contribution >= 4 is 35.2 Å². The molecule has 0 spiro atoms. The maximum atomic E-state index is 11.5. The second-order valence-electron chi connectivity index (χ2n) is 4.14. The highest BCUT2D eigenvalue weighted by Gasteiger charge is 2.01. The van der Waals surface area contributed by atoms with Crippen molar-refractivity contribution in [3.8, 4) is 0 Å². The number of amides is 1. The minimum absolute atomic E-state index is 0.0786. The predicted octanol–water partition coefficient (Wildman–Crippen LogP) is 3.14. The molecular weight excluding hydrogens is 304 g/mol. The number of hydrogen-bond acceptors (Lipinski definition) is 5. The molecule has 1 heterocycles. The fourth-order valence-corrected chi connectivity index (χ4v) is 2.59. The summed E-state index contributed by atoms with van der Waals surface area (Å²) in [5, 5.41) is 8.54. The lowest BCUT2D eigenvalue weighted by atomic mass is 10.2. The van der Waals surface area contributed by atoms with Crippen LogP contribution in [-0.2, 0) is 16.2 Å². The molecule has 0 unspecified atom stereocenters. The van der Waals surface area contributed by atoms with Crippen LogP contribution in [0.1, 0.15) is 10.4 Å². The van der Waals surface area contributed by atoms with Crippen LogP contribution in [0.4, 0.5) is 0 Å². The smallest absolute Gasteiger partial charge is 0.261 e. The Labute approximate surface area is 132 Å². The molecule has 0 fully saturated rings. The molecule has 110 valence electrons. The SMILES string of the molecule is CSc1ccc(C=NOCC(=O)NCc2cccs2)cc1. The third-order valence-corrected chi connectivity index (χ3v) is 4.25. The average Bonchev–Trinajstić information content (AvgIpc) is 3.03. The number of thiophene rings is 1. The van der Waals surface area contributed by atoms with Crippen molar-refractivity contribution in [2.24, 2.45) is 5.16 Å². The van der Waals surface area contributed by atoms with Crippen LogP contribution >= 0.6 is 23.1 Å². The lowest BCUT2D eigenvalue weighted by Gasteiger charge is -2.02. The van der Waals surface area contributed by atoms with Gasteiger partial charge < -0.3 is 10.2 Å². The zero-order valence-corrected chi connectivity index (χ0v) is 13.2. The van der Waals surface area contributed by atoms with E-state index < -0.39 is 0 Å². The number of nitrogens with zero attached hydrogens (tertiary/aromatic N) is 1. The van der Waals surface area contributed by atoms with E-state index in [1.807, 2.05) is 48.0 Å². The summed E-state index contributed by atoms with van der Waals surface area (Å²) in [5.74, 6) is -0.182. The molecule has 2 aromatic rings. The molecule has 1 aromatic heterocycles. The third-order valence-electron chi connectivity index (χ3n) is 2.63. The summed E-state index contributed by atoms with van der Waals surface area (Å²) in [5.41, 5.74) is 0.937. The van der Waals surface area contributed by atoms with Crippen LogP contribution in [0.3, 0.4) is 0 Å². The number of nitrogens with one attached hydrogen (secondary N) is 1. The first kappa shape index (κ1) is 15.6. The normalized spacial score (nSPS) is 10.7. The van der Waals surface area contributed by atoms with Crippen LogP contribution in [0.5, 0.6) is 0 Å². The predicted molar refractivity (Wildman–Crippen MR) is 87.9 cm³/mol. The topological polar surface area (TPSA) is 50.7 Å². The van der Waals surface area contributed by atoms with Crippen LogP contribution in [0.25, 0.3) is 0 Å². The van der Waals surface area contributed by atoms with Crippen LogP contribution < -0.4 is 5.32 Å². The Bertz CT molecular complexity index is 580. The summed E-state index contributed by atoms with van der Waals surface area (Å²) in [6, 6.07) is 11.9. The van der Waals surface area contributed by atoms with Gasteiger partial charge in [0.1, 0.15) is 0 Å². The van der Waals surface area contributed by atoms with Crippen molar-refractivity contribution < 1.29 is 9.63 Å². The average molecular weight is 320 g/mol. The van der Waals surface area contributed by atoms with E-state index in [-0.39, 0.29) is 12.5 Å². The van der Waals surface area contributed by atoms with E-state index in [9.17, 15) is 4.79 Å². The number of carbonyl (C=O) groups is 1. The van der Waals surface area contributed by atoms with Gasteiger partial charge in [0, 0.05) is 9.77 Å². The molecule has 0 saturated carbocycles. The Hall–Kier alpha value is -1.79. The molecule has 0 atom stereocenters. The standard InChI is InChI=1S/C15H16N2O2S2/c1-20-13-6-4-12(5-7-13)9-17-19-11-15(18)16-10-14-3-2-8-21-14/h2-9H,10-11H2,1H3,(H,16,18). The highest BCUT2D eigenvalue weighted by molar-refractivity contribution is 7.98. The van der Waals surface area contributed by atoms with Crippen molar-refractivity contribution in [1.82, 2.24) is 5.32 Å². The minimum atomic E-state index is -0.182. The van der Waals surface area contributed by atoms with Gasteiger partial charge in [-0.3, -0.25) is 4.79 Å². The lowest BCUT2D eigenvalue weighted by Crippen LogP contribution is -2.26. The maximum Gasteiger partial charge on any atom is 0.261 e. The second-order valence-corrected chi connectivity index (χ2v) is 6.05. The summed E-state index contributed by atoms with van der Waals surface area (Å²) >= 11 is 3.29. The van der Waals surface area contributed by atoms with Crippen molar-refractivity contribution in [2.45, 2.75) is 11.4 Å². The summed E-state index contributed by atoms with van der Waals surface area (Å²) in [6.07, 6.45) is 3.62. The van der Waals surface area contributed by atoms with Crippen LogP contribution in [0.15, 0.2) is 51.8 Å². The Balaban J connectivity index is 1.67. The summed E-state index contributed by atoms with van der Waals surface area (Å²) in [7, 11) is 0. The molecule has 1 amide bonds. The first-order valence-corrected chi connectivity index (χ1v) is 8.47. The molecule has 1 N–H and O–H groups in total. The molecule has 0 aliphatic carbocycles. The molecule has 0 aliphatic rings. The quantitative estimate of drug-likeness (QED) is 0.484. The summed E-state index contributed by atoms with van der Waals surface area (Å²) < 4.78 is 0. The second kappa shape index (κ2) is 8.49. The van der Waals surface area contributed by atoms with Crippen LogP contribution in [0.2, 0.25) is 0 Å². The van der Waals surface area contributed by atoms with Gasteiger partial charge in [-0.25, -0.2) is 0 Å². The first-order chi connectivity index (χ1) is 10.3. The monoisotopic (exact) mass is 320 g/mol. The van der Waals surface area contributed by atoms with E-state index in [0.29, 0.717) is 6.54 Å². The number of hydrogen-bond donors (Lipinski definition) is 1. The molecule has 21 heavy (non-hydrogen) atoms. The molecule has 4 nitrogen and oxygen atoms in total. The van der Waals surface area contributed by atoms with E-state index in [1.165, 1.54) is 4.90 Å². The highest BCUT2D eigenvalue weighted by Crippen LogP contribution is 2.13. The largest absolute Gasteiger partial charge is 0.386 e. The van der Waals surface area contributed by atoms with Gasteiger partial charge in [-0.1, -0.05) is 23.4 Å². The van der Waals surface area contributed by atoms with E-state index in [1.54, 1.807) is 29.3 Å². The molecule has 0 aliphatic heterocycles. The fourth-order valence-electron chi connectivity index (χ4n) is 1.53. The van der Waals surface area contributed by atoms with Gasteiger partial charge in [0.05, 0.1) is 12.8 Å². The number of oxime groups is 1. The number of benzene rings is 1. The Morgan fingerprint density at radius 2 is 2.19 bits per heavy atom. The van der Waals surface area contributed by atoms with E-state index in [2.05, 4.69) is 10.5 Å². The first-order valence-electron chi connectivity index (χ1n) is 6.36. The Morgan fingerprint density at radius 1 is 1.38 bits per heavy atom. The molecule has 6 heteroatoms. The molecule has 0 saturated heterocycles. The van der Waals surface area contributed by atoms with Crippen molar-refractivity contribution in [2.75, 3.05) is 12.9 Å². The van der Waals surface area contributed by atoms with E-state index >= 15 is 0 Å². The molecular formula is C15H16N2O2S2. The zero-order valence-electron chi connectivity index (χ0n) is 11.6. The van der Waals surface area contributed by atoms with Gasteiger partial charge >= 0.3 is 0 Å². The van der Waals surface area contributed by atoms with E-state index in [0.717, 1.165) is 10.4 Å².